The Labute approximate surface area is 126 Å². The van der Waals surface area contributed by atoms with Gasteiger partial charge in [-0.3, -0.25) is 0 Å². The molecule has 0 radical (unpaired) electrons. The highest BCUT2D eigenvalue weighted by Gasteiger charge is 2.20. The summed E-state index contributed by atoms with van der Waals surface area (Å²) >= 11 is 1.36. The summed E-state index contributed by atoms with van der Waals surface area (Å²) in [5, 5.41) is 12.7. The van der Waals surface area contributed by atoms with Crippen LogP contribution in [0, 0.1) is 0 Å². The molecule has 2 aromatic rings. The number of hydrogen-bond acceptors (Lipinski definition) is 4. The molecule has 2 N–H and O–H groups in total. The molecule has 2 rings (SSSR count). The summed E-state index contributed by atoms with van der Waals surface area (Å²) in [5.74, 6) is -0.992. The Morgan fingerprint density at radius 1 is 1.29 bits per heavy atom. The normalized spacial score (nSPS) is 11.4. The van der Waals surface area contributed by atoms with Crippen molar-refractivity contribution >= 4 is 33.5 Å². The second kappa shape index (κ2) is 5.73. The van der Waals surface area contributed by atoms with E-state index in [1.165, 1.54) is 11.3 Å². The molecule has 0 spiro atoms. The average Bonchev–Trinajstić information content (AvgIpc) is 2.72. The van der Waals surface area contributed by atoms with Gasteiger partial charge in [-0.05, 0) is 26.8 Å². The molecule has 21 heavy (non-hydrogen) atoms. The molecule has 1 aromatic heterocycles. The van der Waals surface area contributed by atoms with Crippen molar-refractivity contribution in [3.63, 3.8) is 0 Å². The van der Waals surface area contributed by atoms with E-state index in [1.54, 1.807) is 32.9 Å². The van der Waals surface area contributed by atoms with Gasteiger partial charge in [0.15, 0.2) is 0 Å². The van der Waals surface area contributed by atoms with Gasteiger partial charge in [-0.1, -0.05) is 18.2 Å². The van der Waals surface area contributed by atoms with Crippen molar-refractivity contribution in [2.24, 2.45) is 0 Å². The minimum atomic E-state index is -0.992. The van der Waals surface area contributed by atoms with Crippen LogP contribution in [0.4, 0.5) is 4.79 Å². The highest BCUT2D eigenvalue weighted by molar-refractivity contribution is 7.19. The van der Waals surface area contributed by atoms with Crippen molar-refractivity contribution in [1.29, 1.82) is 0 Å². The van der Waals surface area contributed by atoms with E-state index in [9.17, 15) is 14.7 Å². The van der Waals surface area contributed by atoms with Gasteiger partial charge in [-0.25, -0.2) is 9.59 Å². The van der Waals surface area contributed by atoms with Gasteiger partial charge in [0.05, 0.1) is 12.1 Å². The zero-order valence-electron chi connectivity index (χ0n) is 12.1. The van der Waals surface area contributed by atoms with Gasteiger partial charge < -0.3 is 15.2 Å². The van der Waals surface area contributed by atoms with Crippen LogP contribution in [-0.2, 0) is 11.3 Å². The van der Waals surface area contributed by atoms with Crippen LogP contribution in [0.2, 0.25) is 0 Å². The molecule has 0 unspecified atom stereocenters. The van der Waals surface area contributed by atoms with E-state index in [4.69, 9.17) is 4.74 Å². The molecule has 1 aromatic carbocycles. The Hall–Kier alpha value is -2.08. The Kier molecular flexibility index (Phi) is 4.18. The third kappa shape index (κ3) is 3.72. The Bertz CT molecular complexity index is 685. The van der Waals surface area contributed by atoms with Crippen LogP contribution in [0.5, 0.6) is 0 Å². The topological polar surface area (TPSA) is 75.6 Å². The highest BCUT2D eigenvalue weighted by Crippen LogP contribution is 2.31. The summed E-state index contributed by atoms with van der Waals surface area (Å²) in [5.41, 5.74) is -0.341. The monoisotopic (exact) mass is 307 g/mol. The van der Waals surface area contributed by atoms with Gasteiger partial charge in [-0.2, -0.15) is 0 Å². The number of aromatic carboxylic acids is 1. The molecule has 0 atom stereocenters. The minimum absolute atomic E-state index is 0.135. The van der Waals surface area contributed by atoms with E-state index in [0.717, 1.165) is 4.70 Å². The standard InChI is InChI=1S/C15H17NO4S/c1-15(2,3)20-14(19)16-8-11-12(13(17)18)9-6-4-5-7-10(9)21-11/h4-7H,8H2,1-3H3,(H,16,19)(H,17,18). The fourth-order valence-electron chi connectivity index (χ4n) is 1.92. The second-order valence-electron chi connectivity index (χ2n) is 5.56. The third-order valence-corrected chi connectivity index (χ3v) is 3.85. The van der Waals surface area contributed by atoms with E-state index in [-0.39, 0.29) is 12.1 Å². The van der Waals surface area contributed by atoms with E-state index in [1.807, 2.05) is 12.1 Å². The molecule has 1 heterocycles. The first-order valence-corrected chi connectivity index (χ1v) is 7.30. The molecule has 5 nitrogen and oxygen atoms in total. The van der Waals surface area contributed by atoms with Crippen molar-refractivity contribution in [2.45, 2.75) is 32.9 Å². The van der Waals surface area contributed by atoms with Gasteiger partial charge in [0.2, 0.25) is 0 Å². The van der Waals surface area contributed by atoms with Crippen LogP contribution >= 0.6 is 11.3 Å². The van der Waals surface area contributed by atoms with Crippen LogP contribution in [0.3, 0.4) is 0 Å². The smallest absolute Gasteiger partial charge is 0.407 e. The largest absolute Gasteiger partial charge is 0.478 e. The molecule has 6 heteroatoms. The Morgan fingerprint density at radius 2 is 1.95 bits per heavy atom. The molecule has 1 amide bonds. The number of carbonyl (C=O) groups excluding carboxylic acids is 1. The number of carboxylic acids is 1. The lowest BCUT2D eigenvalue weighted by Crippen LogP contribution is -2.32. The van der Waals surface area contributed by atoms with Gasteiger partial charge >= 0.3 is 12.1 Å². The number of fused-ring (bicyclic) bond motifs is 1. The molecule has 0 aliphatic carbocycles. The predicted octanol–water partition coefficient (Wildman–Crippen LogP) is 3.62. The van der Waals surface area contributed by atoms with Gasteiger partial charge in [0.1, 0.15) is 5.60 Å². The first-order valence-electron chi connectivity index (χ1n) is 6.48. The molecule has 0 aliphatic heterocycles. The van der Waals surface area contributed by atoms with E-state index < -0.39 is 17.7 Å². The number of carbonyl (C=O) groups is 2. The van der Waals surface area contributed by atoms with Crippen molar-refractivity contribution in [1.82, 2.24) is 5.32 Å². The fraction of sp³-hybridized carbons (Fsp3) is 0.333. The third-order valence-electron chi connectivity index (χ3n) is 2.67. The molecule has 112 valence electrons. The van der Waals surface area contributed by atoms with Crippen molar-refractivity contribution < 1.29 is 19.4 Å². The van der Waals surface area contributed by atoms with Crippen LogP contribution in [-0.4, -0.2) is 22.8 Å². The Balaban J connectivity index is 2.21. The molecular formula is C15H17NO4S. The number of ether oxygens (including phenoxy) is 1. The average molecular weight is 307 g/mol. The maximum Gasteiger partial charge on any atom is 0.407 e. The lowest BCUT2D eigenvalue weighted by Gasteiger charge is -2.19. The van der Waals surface area contributed by atoms with E-state index in [2.05, 4.69) is 5.32 Å². The van der Waals surface area contributed by atoms with Crippen LogP contribution < -0.4 is 5.32 Å². The van der Waals surface area contributed by atoms with Gasteiger partial charge in [0, 0.05) is 15.0 Å². The minimum Gasteiger partial charge on any atom is -0.478 e. The number of benzene rings is 1. The number of alkyl carbamates (subject to hydrolysis) is 1. The number of carboxylic acid groups (broad SMARTS) is 1. The summed E-state index contributed by atoms with van der Waals surface area (Å²) in [6, 6.07) is 7.29. The molecule has 0 fully saturated rings. The molecule has 0 saturated heterocycles. The predicted molar refractivity (Wildman–Crippen MR) is 81.9 cm³/mol. The van der Waals surface area contributed by atoms with Crippen LogP contribution in [0.15, 0.2) is 24.3 Å². The van der Waals surface area contributed by atoms with E-state index >= 15 is 0 Å². The highest BCUT2D eigenvalue weighted by atomic mass is 32.1. The maximum absolute atomic E-state index is 11.7. The Morgan fingerprint density at radius 3 is 2.57 bits per heavy atom. The summed E-state index contributed by atoms with van der Waals surface area (Å²) in [6.07, 6.45) is -0.559. The second-order valence-corrected chi connectivity index (χ2v) is 6.69. The number of hydrogen-bond donors (Lipinski definition) is 2. The lowest BCUT2D eigenvalue weighted by molar-refractivity contribution is 0.0521. The number of rotatable bonds is 3. The van der Waals surface area contributed by atoms with Crippen molar-refractivity contribution in [3.05, 3.63) is 34.7 Å². The summed E-state index contributed by atoms with van der Waals surface area (Å²) < 4.78 is 6.03. The first kappa shape index (κ1) is 15.3. The quantitative estimate of drug-likeness (QED) is 0.908. The van der Waals surface area contributed by atoms with Gasteiger partial charge in [0.25, 0.3) is 0 Å². The summed E-state index contributed by atoms with van der Waals surface area (Å²) in [6.45, 7) is 5.45. The zero-order valence-corrected chi connectivity index (χ0v) is 12.9. The number of amides is 1. The number of thiophene rings is 1. The molecule has 0 aliphatic rings. The SMILES string of the molecule is CC(C)(C)OC(=O)NCc1sc2ccccc2c1C(=O)O. The first-order chi connectivity index (χ1) is 9.78. The molecule has 0 bridgehead atoms. The molecular weight excluding hydrogens is 290 g/mol. The van der Waals surface area contributed by atoms with Crippen LogP contribution in [0.1, 0.15) is 36.0 Å². The molecule has 0 saturated carbocycles. The summed E-state index contributed by atoms with van der Waals surface area (Å²) in [7, 11) is 0. The zero-order chi connectivity index (χ0) is 15.6. The van der Waals surface area contributed by atoms with Crippen molar-refractivity contribution in [2.75, 3.05) is 0 Å². The fourth-order valence-corrected chi connectivity index (χ4v) is 3.06. The number of nitrogens with one attached hydrogen (secondary N) is 1. The van der Waals surface area contributed by atoms with Crippen molar-refractivity contribution in [3.8, 4) is 0 Å². The summed E-state index contributed by atoms with van der Waals surface area (Å²) in [4.78, 5) is 23.7. The maximum atomic E-state index is 11.7. The van der Waals surface area contributed by atoms with Gasteiger partial charge in [-0.15, -0.1) is 11.3 Å². The van der Waals surface area contributed by atoms with Crippen LogP contribution in [0.25, 0.3) is 10.1 Å². The van der Waals surface area contributed by atoms with E-state index in [0.29, 0.717) is 10.3 Å². The lowest BCUT2D eigenvalue weighted by atomic mass is 10.1.